The van der Waals surface area contributed by atoms with Gasteiger partial charge in [-0.25, -0.2) is 4.79 Å². The summed E-state index contributed by atoms with van der Waals surface area (Å²) in [5.74, 6) is -1.64. The highest BCUT2D eigenvalue weighted by molar-refractivity contribution is 5.96. The summed E-state index contributed by atoms with van der Waals surface area (Å²) in [7, 11) is 0. The highest BCUT2D eigenvalue weighted by Gasteiger charge is 1.94. The minimum atomic E-state index is -1.10. The van der Waals surface area contributed by atoms with Gasteiger partial charge in [-0.15, -0.1) is 0 Å². The molecule has 1 amide bonds. The first-order valence-electron chi connectivity index (χ1n) is 10.3. The average Bonchev–Trinajstić information content (AvgIpc) is 2.66. The van der Waals surface area contributed by atoms with Gasteiger partial charge in [-0.05, 0) is 45.4 Å². The number of hydrogen-bond acceptors (Lipinski definition) is 5. The molecule has 0 saturated heterocycles. The standard InChI is InChI=1S/C11H19NO2.C6H15N.C5H6O3/c1-3-4-5-6-9-12-11(14)8-7-10(2)13;1-2-3-4-5-6-7;1-4(6)2-3-5(7)8/h7-8H,3-6,9H2,1-2H3,(H,12,14);2-7H2,1H3;2-3H,1H3,(H,7,8)/b8-7+;;3-2+. The van der Waals surface area contributed by atoms with Gasteiger partial charge in [0, 0.05) is 18.7 Å². The highest BCUT2D eigenvalue weighted by Crippen LogP contribution is 1.97. The number of carboxylic acids is 1. The predicted molar refractivity (Wildman–Crippen MR) is 118 cm³/mol. The molecule has 0 atom stereocenters. The topological polar surface area (TPSA) is 127 Å². The number of nitrogens with one attached hydrogen (secondary N) is 1. The van der Waals surface area contributed by atoms with Crippen molar-refractivity contribution >= 4 is 23.4 Å². The molecular weight excluding hydrogens is 372 g/mol. The number of hydrogen-bond donors (Lipinski definition) is 3. The van der Waals surface area contributed by atoms with Crippen molar-refractivity contribution in [3.63, 3.8) is 0 Å². The van der Waals surface area contributed by atoms with Gasteiger partial charge in [-0.2, -0.15) is 0 Å². The molecule has 0 saturated carbocycles. The van der Waals surface area contributed by atoms with Gasteiger partial charge in [0.1, 0.15) is 0 Å². The third kappa shape index (κ3) is 41.3. The summed E-state index contributed by atoms with van der Waals surface area (Å²) in [6.45, 7) is 8.62. The zero-order chi connectivity index (χ0) is 22.9. The number of carbonyl (C=O) groups excluding carboxylic acids is 3. The van der Waals surface area contributed by atoms with Crippen molar-refractivity contribution in [3.05, 3.63) is 24.3 Å². The lowest BCUT2D eigenvalue weighted by molar-refractivity contribution is -0.131. The Labute approximate surface area is 175 Å². The number of amides is 1. The van der Waals surface area contributed by atoms with Crippen LogP contribution in [-0.2, 0) is 19.2 Å². The van der Waals surface area contributed by atoms with Crippen LogP contribution in [0, 0.1) is 0 Å². The van der Waals surface area contributed by atoms with Gasteiger partial charge in [0.15, 0.2) is 11.6 Å². The third-order valence-corrected chi connectivity index (χ3v) is 3.32. The fraction of sp³-hybridized carbons (Fsp3) is 0.636. The number of rotatable bonds is 13. The number of carbonyl (C=O) groups is 4. The first kappa shape index (κ1) is 31.4. The Balaban J connectivity index is -0.000000383. The molecule has 0 heterocycles. The zero-order valence-corrected chi connectivity index (χ0v) is 18.5. The quantitative estimate of drug-likeness (QED) is 0.313. The minimum Gasteiger partial charge on any atom is -0.478 e. The number of carboxylic acid groups (broad SMARTS) is 1. The lowest BCUT2D eigenvalue weighted by Crippen LogP contribution is -2.22. The minimum absolute atomic E-state index is 0.105. The molecule has 168 valence electrons. The van der Waals surface area contributed by atoms with Crippen LogP contribution in [0.4, 0.5) is 0 Å². The van der Waals surface area contributed by atoms with Crippen molar-refractivity contribution in [1.82, 2.24) is 5.32 Å². The fourth-order valence-electron chi connectivity index (χ4n) is 1.78. The van der Waals surface area contributed by atoms with E-state index in [-0.39, 0.29) is 17.5 Å². The number of unbranched alkanes of at least 4 members (excludes halogenated alkanes) is 6. The van der Waals surface area contributed by atoms with Gasteiger partial charge in [-0.1, -0.05) is 52.4 Å². The monoisotopic (exact) mass is 412 g/mol. The Hall–Kier alpha value is -2.28. The fourth-order valence-corrected chi connectivity index (χ4v) is 1.78. The maximum absolute atomic E-state index is 11.0. The van der Waals surface area contributed by atoms with E-state index in [2.05, 4.69) is 19.2 Å². The summed E-state index contributed by atoms with van der Waals surface area (Å²) in [5.41, 5.74) is 5.27. The molecule has 0 spiro atoms. The molecule has 0 aliphatic heterocycles. The summed E-state index contributed by atoms with van der Waals surface area (Å²) in [6, 6.07) is 0. The SMILES string of the molecule is CC(=O)/C=C/C(=O)O.CCCCCCN.CCCCCCNC(=O)/C=C/C(C)=O. The lowest BCUT2D eigenvalue weighted by Gasteiger charge is -2.00. The first-order valence-corrected chi connectivity index (χ1v) is 10.3. The van der Waals surface area contributed by atoms with Crippen LogP contribution >= 0.6 is 0 Å². The molecule has 0 radical (unpaired) electrons. The summed E-state index contributed by atoms with van der Waals surface area (Å²) in [4.78, 5) is 41.2. The van der Waals surface area contributed by atoms with Crippen LogP contribution in [0.3, 0.4) is 0 Å². The molecule has 0 aromatic carbocycles. The van der Waals surface area contributed by atoms with Gasteiger partial charge in [0.05, 0.1) is 0 Å². The average molecular weight is 413 g/mol. The largest absolute Gasteiger partial charge is 0.478 e. The first-order chi connectivity index (χ1) is 13.7. The van der Waals surface area contributed by atoms with Crippen LogP contribution in [-0.4, -0.2) is 41.6 Å². The molecule has 4 N–H and O–H groups in total. The Bertz CT molecular complexity index is 479. The number of nitrogens with two attached hydrogens (primary N) is 1. The lowest BCUT2D eigenvalue weighted by atomic mass is 10.2. The van der Waals surface area contributed by atoms with Crippen LogP contribution in [0.15, 0.2) is 24.3 Å². The van der Waals surface area contributed by atoms with E-state index >= 15 is 0 Å². The molecule has 29 heavy (non-hydrogen) atoms. The van der Waals surface area contributed by atoms with E-state index < -0.39 is 5.97 Å². The van der Waals surface area contributed by atoms with Gasteiger partial charge < -0.3 is 16.2 Å². The van der Waals surface area contributed by atoms with Gasteiger partial charge >= 0.3 is 5.97 Å². The van der Waals surface area contributed by atoms with Crippen LogP contribution in [0.5, 0.6) is 0 Å². The van der Waals surface area contributed by atoms with E-state index in [1.165, 1.54) is 64.5 Å². The molecule has 0 aromatic heterocycles. The van der Waals surface area contributed by atoms with E-state index in [9.17, 15) is 19.2 Å². The van der Waals surface area contributed by atoms with Crippen molar-refractivity contribution in [1.29, 1.82) is 0 Å². The Kier molecular flexibility index (Phi) is 27.9. The second-order valence-electron chi connectivity index (χ2n) is 6.43. The zero-order valence-electron chi connectivity index (χ0n) is 18.5. The maximum Gasteiger partial charge on any atom is 0.328 e. The predicted octanol–water partition coefficient (Wildman–Crippen LogP) is 3.57. The van der Waals surface area contributed by atoms with Gasteiger partial charge in [0.2, 0.25) is 5.91 Å². The van der Waals surface area contributed by atoms with E-state index in [0.717, 1.165) is 31.5 Å². The molecule has 7 heteroatoms. The van der Waals surface area contributed by atoms with Crippen molar-refractivity contribution < 1.29 is 24.3 Å². The molecule has 0 aromatic rings. The number of aliphatic carboxylic acids is 1. The van der Waals surface area contributed by atoms with Crippen molar-refractivity contribution in [3.8, 4) is 0 Å². The second-order valence-corrected chi connectivity index (χ2v) is 6.43. The molecule has 0 aliphatic rings. The molecule has 0 unspecified atom stereocenters. The normalized spacial score (nSPS) is 9.97. The summed E-state index contributed by atoms with van der Waals surface area (Å²) in [5, 5.41) is 10.6. The third-order valence-electron chi connectivity index (χ3n) is 3.32. The van der Waals surface area contributed by atoms with Crippen molar-refractivity contribution in [2.24, 2.45) is 5.73 Å². The molecule has 7 nitrogen and oxygen atoms in total. The molecular formula is C22H40N2O5. The van der Waals surface area contributed by atoms with Crippen LogP contribution < -0.4 is 11.1 Å². The molecule has 0 fully saturated rings. The van der Waals surface area contributed by atoms with Crippen LogP contribution in [0.2, 0.25) is 0 Å². The van der Waals surface area contributed by atoms with Gasteiger partial charge in [-0.3, -0.25) is 14.4 Å². The highest BCUT2D eigenvalue weighted by atomic mass is 16.4. The molecule has 0 rings (SSSR count). The van der Waals surface area contributed by atoms with Crippen LogP contribution in [0.1, 0.15) is 79.1 Å². The Morgan fingerprint density at radius 2 is 1.24 bits per heavy atom. The van der Waals surface area contributed by atoms with Crippen LogP contribution in [0.25, 0.3) is 0 Å². The van der Waals surface area contributed by atoms with E-state index in [1.807, 2.05) is 0 Å². The van der Waals surface area contributed by atoms with E-state index in [0.29, 0.717) is 6.54 Å². The Morgan fingerprint density at radius 1 is 0.759 bits per heavy atom. The van der Waals surface area contributed by atoms with E-state index in [1.54, 1.807) is 0 Å². The summed E-state index contributed by atoms with van der Waals surface area (Å²) < 4.78 is 0. The van der Waals surface area contributed by atoms with Crippen molar-refractivity contribution in [2.45, 2.75) is 79.1 Å². The summed E-state index contributed by atoms with van der Waals surface area (Å²) in [6.07, 6.45) is 14.1. The molecule has 0 aliphatic carbocycles. The number of ketones is 2. The number of allylic oxidation sites excluding steroid dienone is 2. The maximum atomic E-state index is 11.0. The van der Waals surface area contributed by atoms with E-state index in [4.69, 9.17) is 10.8 Å². The molecule has 0 bridgehead atoms. The summed E-state index contributed by atoms with van der Waals surface area (Å²) >= 11 is 0. The second kappa shape index (κ2) is 25.7. The smallest absolute Gasteiger partial charge is 0.328 e. The Morgan fingerprint density at radius 3 is 1.62 bits per heavy atom. The van der Waals surface area contributed by atoms with Crippen molar-refractivity contribution in [2.75, 3.05) is 13.1 Å². The van der Waals surface area contributed by atoms with Gasteiger partial charge in [0.25, 0.3) is 0 Å².